The fourth-order valence-electron chi connectivity index (χ4n) is 2.38. The average molecular weight is 291 g/mol. The van der Waals surface area contributed by atoms with Crippen LogP contribution in [0.2, 0.25) is 0 Å². The monoisotopic (exact) mass is 291 g/mol. The molecule has 0 saturated carbocycles. The third kappa shape index (κ3) is 3.85. The minimum atomic E-state index is 0.377. The zero-order valence-electron chi connectivity index (χ0n) is 12.7. The van der Waals surface area contributed by atoms with Gasteiger partial charge in [0.05, 0.1) is 11.7 Å². The first kappa shape index (κ1) is 15.1. The molecule has 0 bridgehead atoms. The minimum Gasteiger partial charge on any atom is -0.348 e. The lowest BCUT2D eigenvalue weighted by Gasteiger charge is -2.18. The number of aromatic nitrogens is 2. The molecule has 2 aromatic heterocycles. The van der Waals surface area contributed by atoms with Crippen LogP contribution in [-0.2, 0) is 6.54 Å². The van der Waals surface area contributed by atoms with Crippen LogP contribution < -0.4 is 5.32 Å². The van der Waals surface area contributed by atoms with Gasteiger partial charge in [-0.3, -0.25) is 0 Å². The van der Waals surface area contributed by atoms with E-state index in [1.807, 2.05) is 11.3 Å². The van der Waals surface area contributed by atoms with Crippen LogP contribution in [0.3, 0.4) is 0 Å². The van der Waals surface area contributed by atoms with Crippen molar-refractivity contribution in [1.82, 2.24) is 9.55 Å². The van der Waals surface area contributed by atoms with Crippen LogP contribution in [0.5, 0.6) is 0 Å². The van der Waals surface area contributed by atoms with Crippen LogP contribution in [0, 0.1) is 6.92 Å². The molecule has 2 rings (SSSR count). The Morgan fingerprint density at radius 3 is 2.85 bits per heavy atom. The zero-order valence-corrected chi connectivity index (χ0v) is 13.5. The normalized spacial score (nSPS) is 12.6. The molecule has 1 unspecified atom stereocenters. The Morgan fingerprint density at radius 1 is 1.35 bits per heavy atom. The predicted octanol–water partition coefficient (Wildman–Crippen LogP) is 5.01. The second-order valence-electron chi connectivity index (χ2n) is 5.25. The van der Waals surface area contributed by atoms with Crippen LogP contribution >= 0.6 is 11.3 Å². The second kappa shape index (κ2) is 7.48. The Kier molecular flexibility index (Phi) is 5.65. The molecule has 0 fully saturated rings. The van der Waals surface area contributed by atoms with Crippen LogP contribution in [0.4, 0.5) is 5.95 Å². The molecule has 4 heteroatoms. The highest BCUT2D eigenvalue weighted by atomic mass is 32.1. The molecule has 0 aliphatic heterocycles. The predicted molar refractivity (Wildman–Crippen MR) is 87.5 cm³/mol. The standard InChI is InChI=1S/C16H25N3S/c1-4-6-10-19-12-13(3)17-16(19)18-14(8-5-2)15-9-7-11-20-15/h7,9,11-12,14H,4-6,8,10H2,1-3H3,(H,17,18). The third-order valence-corrected chi connectivity index (χ3v) is 4.40. The highest BCUT2D eigenvalue weighted by Crippen LogP contribution is 2.27. The molecule has 110 valence electrons. The lowest BCUT2D eigenvalue weighted by Crippen LogP contribution is -2.13. The molecule has 0 aliphatic rings. The molecule has 20 heavy (non-hydrogen) atoms. The second-order valence-corrected chi connectivity index (χ2v) is 6.23. The third-order valence-electron chi connectivity index (χ3n) is 3.42. The van der Waals surface area contributed by atoms with Gasteiger partial charge in [-0.2, -0.15) is 0 Å². The highest BCUT2D eigenvalue weighted by Gasteiger charge is 2.14. The molecule has 0 spiro atoms. The Bertz CT molecular complexity index is 502. The Hall–Kier alpha value is -1.29. The van der Waals surface area contributed by atoms with Crippen molar-refractivity contribution < 1.29 is 0 Å². The number of anilines is 1. The zero-order chi connectivity index (χ0) is 14.4. The summed E-state index contributed by atoms with van der Waals surface area (Å²) in [5, 5.41) is 5.79. The number of rotatable bonds is 8. The molecular weight excluding hydrogens is 266 g/mol. The van der Waals surface area contributed by atoms with Crippen LogP contribution in [0.1, 0.15) is 56.1 Å². The molecule has 0 aromatic carbocycles. The quantitative estimate of drug-likeness (QED) is 0.741. The topological polar surface area (TPSA) is 29.9 Å². The van der Waals surface area contributed by atoms with E-state index in [1.54, 1.807) is 0 Å². The summed E-state index contributed by atoms with van der Waals surface area (Å²) >= 11 is 1.82. The van der Waals surface area contributed by atoms with Crippen molar-refractivity contribution in [3.8, 4) is 0 Å². The SMILES string of the molecule is CCCCn1cc(C)nc1NC(CCC)c1cccs1. The first-order chi connectivity index (χ1) is 9.74. The number of aryl methyl sites for hydroxylation is 2. The fraction of sp³-hybridized carbons (Fsp3) is 0.562. The van der Waals surface area contributed by atoms with Crippen LogP contribution in [-0.4, -0.2) is 9.55 Å². The summed E-state index contributed by atoms with van der Waals surface area (Å²) in [6.45, 7) is 7.57. The van der Waals surface area contributed by atoms with E-state index in [9.17, 15) is 0 Å². The molecule has 1 atom stereocenters. The van der Waals surface area contributed by atoms with E-state index in [2.05, 4.69) is 59.3 Å². The number of imidazole rings is 1. The summed E-state index contributed by atoms with van der Waals surface area (Å²) in [7, 11) is 0. The lowest BCUT2D eigenvalue weighted by atomic mass is 10.1. The highest BCUT2D eigenvalue weighted by molar-refractivity contribution is 7.10. The van der Waals surface area contributed by atoms with E-state index in [4.69, 9.17) is 0 Å². The number of nitrogens with zero attached hydrogens (tertiary/aromatic N) is 2. The Balaban J connectivity index is 2.13. The molecule has 2 aromatic rings. The number of unbranched alkanes of at least 4 members (excludes halogenated alkanes) is 1. The molecule has 2 heterocycles. The first-order valence-corrected chi connectivity index (χ1v) is 8.46. The molecule has 0 amide bonds. The summed E-state index contributed by atoms with van der Waals surface area (Å²) in [6, 6.07) is 4.71. The maximum absolute atomic E-state index is 4.65. The van der Waals surface area contributed by atoms with Gasteiger partial charge in [-0.25, -0.2) is 4.98 Å². The lowest BCUT2D eigenvalue weighted by molar-refractivity contribution is 0.618. The van der Waals surface area contributed by atoms with E-state index >= 15 is 0 Å². The maximum atomic E-state index is 4.65. The minimum absolute atomic E-state index is 0.377. The van der Waals surface area contributed by atoms with Crippen molar-refractivity contribution in [3.05, 3.63) is 34.3 Å². The van der Waals surface area contributed by atoms with Gasteiger partial charge in [0.25, 0.3) is 0 Å². The molecular formula is C16H25N3S. The molecule has 0 aliphatic carbocycles. The molecule has 0 saturated heterocycles. The van der Waals surface area contributed by atoms with Crippen molar-refractivity contribution in [2.45, 2.75) is 59.0 Å². The maximum Gasteiger partial charge on any atom is 0.203 e. The fourth-order valence-corrected chi connectivity index (χ4v) is 3.19. The number of nitrogens with one attached hydrogen (secondary N) is 1. The van der Waals surface area contributed by atoms with Gasteiger partial charge >= 0.3 is 0 Å². The van der Waals surface area contributed by atoms with Crippen LogP contribution in [0.15, 0.2) is 23.7 Å². The van der Waals surface area contributed by atoms with E-state index in [-0.39, 0.29) is 0 Å². The van der Waals surface area contributed by atoms with E-state index in [0.717, 1.165) is 24.6 Å². The van der Waals surface area contributed by atoms with Gasteiger partial charge in [0, 0.05) is 17.6 Å². The number of hydrogen-bond acceptors (Lipinski definition) is 3. The number of thiophene rings is 1. The van der Waals surface area contributed by atoms with Crippen molar-refractivity contribution in [1.29, 1.82) is 0 Å². The van der Waals surface area contributed by atoms with E-state index in [0.29, 0.717) is 6.04 Å². The van der Waals surface area contributed by atoms with E-state index in [1.165, 1.54) is 24.1 Å². The van der Waals surface area contributed by atoms with Gasteiger partial charge < -0.3 is 9.88 Å². The summed E-state index contributed by atoms with van der Waals surface area (Å²) in [5.74, 6) is 1.02. The molecule has 0 radical (unpaired) electrons. The van der Waals surface area contributed by atoms with Gasteiger partial charge in [-0.05, 0) is 31.2 Å². The Morgan fingerprint density at radius 2 is 2.20 bits per heavy atom. The van der Waals surface area contributed by atoms with E-state index < -0.39 is 0 Å². The van der Waals surface area contributed by atoms with Crippen molar-refractivity contribution in [2.75, 3.05) is 5.32 Å². The number of hydrogen-bond donors (Lipinski definition) is 1. The van der Waals surface area contributed by atoms with Gasteiger partial charge in [0.2, 0.25) is 5.95 Å². The summed E-state index contributed by atoms with van der Waals surface area (Å²) in [6.07, 6.45) is 6.86. The molecule has 1 N–H and O–H groups in total. The summed E-state index contributed by atoms with van der Waals surface area (Å²) in [4.78, 5) is 6.05. The van der Waals surface area contributed by atoms with Gasteiger partial charge in [0.15, 0.2) is 0 Å². The molecule has 3 nitrogen and oxygen atoms in total. The van der Waals surface area contributed by atoms with Crippen LogP contribution in [0.25, 0.3) is 0 Å². The Labute approximate surface area is 126 Å². The average Bonchev–Trinajstić information content (AvgIpc) is 3.06. The van der Waals surface area contributed by atoms with Gasteiger partial charge in [-0.15, -0.1) is 11.3 Å². The summed E-state index contributed by atoms with van der Waals surface area (Å²) in [5.41, 5.74) is 1.09. The first-order valence-electron chi connectivity index (χ1n) is 7.58. The smallest absolute Gasteiger partial charge is 0.203 e. The largest absolute Gasteiger partial charge is 0.348 e. The summed E-state index contributed by atoms with van der Waals surface area (Å²) < 4.78 is 2.26. The van der Waals surface area contributed by atoms with Gasteiger partial charge in [0.1, 0.15) is 0 Å². The van der Waals surface area contributed by atoms with Crippen molar-refractivity contribution >= 4 is 17.3 Å². The van der Waals surface area contributed by atoms with Crippen molar-refractivity contribution in [2.24, 2.45) is 0 Å². The van der Waals surface area contributed by atoms with Gasteiger partial charge in [-0.1, -0.05) is 32.8 Å². The van der Waals surface area contributed by atoms with Crippen molar-refractivity contribution in [3.63, 3.8) is 0 Å².